The lowest BCUT2D eigenvalue weighted by Gasteiger charge is -2.27. The summed E-state index contributed by atoms with van der Waals surface area (Å²) in [6.45, 7) is 3.18. The van der Waals surface area contributed by atoms with Crippen molar-refractivity contribution in [3.63, 3.8) is 0 Å². The Kier molecular flexibility index (Phi) is 1.37. The Balaban J connectivity index is 1.74. The zero-order chi connectivity index (χ0) is 8.18. The number of hydrogen-bond acceptors (Lipinski definition) is 2. The molecular formula is C10H16O2. The molecule has 4 atom stereocenters. The van der Waals surface area contributed by atoms with Gasteiger partial charge in [0.15, 0.2) is 0 Å². The van der Waals surface area contributed by atoms with E-state index in [1.54, 1.807) is 0 Å². The normalized spacial score (nSPS) is 57.2. The predicted molar refractivity (Wildman–Crippen MR) is 45.0 cm³/mol. The molecule has 2 saturated heterocycles. The standard InChI is InChI=1S/C10H16O2/c1-7-9(12-7)8-4-2-3-5-10(8)6-11-10/h7-9H,2-6H2,1H3/t7-,8?,9+,10+/m1/s1. The van der Waals surface area contributed by atoms with Crippen LogP contribution in [0.4, 0.5) is 0 Å². The fourth-order valence-corrected chi connectivity index (χ4v) is 2.78. The predicted octanol–water partition coefficient (Wildman–Crippen LogP) is 1.73. The van der Waals surface area contributed by atoms with Gasteiger partial charge in [-0.25, -0.2) is 0 Å². The average molecular weight is 168 g/mol. The summed E-state index contributed by atoms with van der Waals surface area (Å²) < 4.78 is 11.2. The highest BCUT2D eigenvalue weighted by atomic mass is 16.6. The molecule has 1 spiro atoms. The minimum Gasteiger partial charge on any atom is -0.369 e. The molecule has 2 aliphatic heterocycles. The molecule has 68 valence electrons. The van der Waals surface area contributed by atoms with Crippen LogP contribution in [-0.2, 0) is 9.47 Å². The van der Waals surface area contributed by atoms with E-state index < -0.39 is 0 Å². The molecule has 12 heavy (non-hydrogen) atoms. The van der Waals surface area contributed by atoms with Crippen LogP contribution in [0.3, 0.4) is 0 Å². The van der Waals surface area contributed by atoms with Gasteiger partial charge in [0.2, 0.25) is 0 Å². The van der Waals surface area contributed by atoms with Gasteiger partial charge in [-0.15, -0.1) is 0 Å². The van der Waals surface area contributed by atoms with Gasteiger partial charge in [-0.3, -0.25) is 0 Å². The zero-order valence-corrected chi connectivity index (χ0v) is 7.58. The minimum absolute atomic E-state index is 0.285. The fourth-order valence-electron chi connectivity index (χ4n) is 2.78. The second-order valence-corrected chi connectivity index (χ2v) is 4.51. The van der Waals surface area contributed by atoms with Crippen molar-refractivity contribution in [1.82, 2.24) is 0 Å². The van der Waals surface area contributed by atoms with Gasteiger partial charge in [0.05, 0.1) is 24.4 Å². The third-order valence-electron chi connectivity index (χ3n) is 3.71. The molecule has 0 aromatic heterocycles. The lowest BCUT2D eigenvalue weighted by Crippen LogP contribution is -2.32. The first-order chi connectivity index (χ1) is 5.82. The molecule has 3 aliphatic rings. The quantitative estimate of drug-likeness (QED) is 0.557. The first kappa shape index (κ1) is 7.34. The minimum atomic E-state index is 0.285. The fraction of sp³-hybridized carbons (Fsp3) is 1.00. The van der Waals surface area contributed by atoms with Crippen LogP contribution in [0.5, 0.6) is 0 Å². The van der Waals surface area contributed by atoms with Crippen molar-refractivity contribution in [1.29, 1.82) is 0 Å². The van der Waals surface area contributed by atoms with Gasteiger partial charge in [0.1, 0.15) is 0 Å². The molecule has 2 heterocycles. The van der Waals surface area contributed by atoms with Gasteiger partial charge in [-0.05, 0) is 19.8 Å². The Hall–Kier alpha value is -0.0800. The summed E-state index contributed by atoms with van der Waals surface area (Å²) in [7, 11) is 0. The van der Waals surface area contributed by atoms with Gasteiger partial charge >= 0.3 is 0 Å². The van der Waals surface area contributed by atoms with E-state index in [9.17, 15) is 0 Å². The third kappa shape index (κ3) is 0.944. The topological polar surface area (TPSA) is 25.1 Å². The molecule has 0 aromatic rings. The third-order valence-corrected chi connectivity index (χ3v) is 3.71. The van der Waals surface area contributed by atoms with Crippen molar-refractivity contribution in [2.45, 2.75) is 50.4 Å². The number of rotatable bonds is 1. The molecule has 1 unspecified atom stereocenters. The van der Waals surface area contributed by atoms with E-state index in [-0.39, 0.29) is 5.60 Å². The number of epoxide rings is 2. The smallest absolute Gasteiger partial charge is 0.0970 e. The summed E-state index contributed by atoms with van der Waals surface area (Å²) >= 11 is 0. The van der Waals surface area contributed by atoms with Crippen LogP contribution in [0, 0.1) is 5.92 Å². The summed E-state index contributed by atoms with van der Waals surface area (Å²) in [6.07, 6.45) is 6.39. The van der Waals surface area contributed by atoms with Crippen molar-refractivity contribution in [3.8, 4) is 0 Å². The SMILES string of the molecule is C[C@H]1O[C@@H]1C1CCCC[C@]12CO2. The number of ether oxygens (including phenoxy) is 2. The Bertz CT molecular complexity index is 198. The second kappa shape index (κ2) is 2.24. The highest BCUT2D eigenvalue weighted by molar-refractivity contribution is 5.07. The average Bonchev–Trinajstić information content (AvgIpc) is 2.95. The Morgan fingerprint density at radius 2 is 2.08 bits per heavy atom. The maximum Gasteiger partial charge on any atom is 0.0970 e. The van der Waals surface area contributed by atoms with E-state index in [4.69, 9.17) is 9.47 Å². The maximum atomic E-state index is 5.62. The van der Waals surface area contributed by atoms with Crippen molar-refractivity contribution < 1.29 is 9.47 Å². The Morgan fingerprint density at radius 1 is 1.33 bits per heavy atom. The van der Waals surface area contributed by atoms with Crippen molar-refractivity contribution in [2.75, 3.05) is 6.61 Å². The van der Waals surface area contributed by atoms with Gasteiger partial charge in [-0.2, -0.15) is 0 Å². The molecule has 0 N–H and O–H groups in total. The van der Waals surface area contributed by atoms with Crippen LogP contribution in [-0.4, -0.2) is 24.4 Å². The van der Waals surface area contributed by atoms with Crippen LogP contribution >= 0.6 is 0 Å². The van der Waals surface area contributed by atoms with Gasteiger partial charge in [0, 0.05) is 5.92 Å². The first-order valence-corrected chi connectivity index (χ1v) is 5.11. The van der Waals surface area contributed by atoms with Crippen LogP contribution in [0.25, 0.3) is 0 Å². The van der Waals surface area contributed by atoms with Crippen LogP contribution < -0.4 is 0 Å². The molecule has 3 rings (SSSR count). The molecule has 3 fully saturated rings. The number of hydrogen-bond donors (Lipinski definition) is 0. The van der Waals surface area contributed by atoms with E-state index >= 15 is 0 Å². The Labute approximate surface area is 73.2 Å². The molecule has 2 nitrogen and oxygen atoms in total. The molecule has 0 radical (unpaired) electrons. The molecule has 0 bridgehead atoms. The van der Waals surface area contributed by atoms with Gasteiger partial charge < -0.3 is 9.47 Å². The maximum absolute atomic E-state index is 5.62. The summed E-state index contributed by atoms with van der Waals surface area (Å²) in [5, 5.41) is 0. The van der Waals surface area contributed by atoms with Crippen LogP contribution in [0.1, 0.15) is 32.6 Å². The summed E-state index contributed by atoms with van der Waals surface area (Å²) in [4.78, 5) is 0. The molecule has 0 amide bonds. The van der Waals surface area contributed by atoms with Crippen LogP contribution in [0.15, 0.2) is 0 Å². The molecular weight excluding hydrogens is 152 g/mol. The van der Waals surface area contributed by atoms with Crippen molar-refractivity contribution >= 4 is 0 Å². The second-order valence-electron chi connectivity index (χ2n) is 4.51. The van der Waals surface area contributed by atoms with E-state index in [1.807, 2.05) is 0 Å². The van der Waals surface area contributed by atoms with Gasteiger partial charge in [-0.1, -0.05) is 12.8 Å². The van der Waals surface area contributed by atoms with Gasteiger partial charge in [0.25, 0.3) is 0 Å². The monoisotopic (exact) mass is 168 g/mol. The van der Waals surface area contributed by atoms with E-state index in [0.29, 0.717) is 12.2 Å². The highest BCUT2D eigenvalue weighted by Crippen LogP contribution is 2.52. The van der Waals surface area contributed by atoms with E-state index in [0.717, 1.165) is 12.5 Å². The summed E-state index contributed by atoms with van der Waals surface area (Å²) in [5.41, 5.74) is 0.285. The summed E-state index contributed by atoms with van der Waals surface area (Å²) in [6, 6.07) is 0. The first-order valence-electron chi connectivity index (χ1n) is 5.11. The van der Waals surface area contributed by atoms with E-state index in [1.165, 1.54) is 25.7 Å². The highest BCUT2D eigenvalue weighted by Gasteiger charge is 2.59. The largest absolute Gasteiger partial charge is 0.369 e. The molecule has 1 aliphatic carbocycles. The Morgan fingerprint density at radius 3 is 2.67 bits per heavy atom. The van der Waals surface area contributed by atoms with Crippen molar-refractivity contribution in [3.05, 3.63) is 0 Å². The lowest BCUT2D eigenvalue weighted by atomic mass is 9.77. The molecule has 1 saturated carbocycles. The zero-order valence-electron chi connectivity index (χ0n) is 7.58. The summed E-state index contributed by atoms with van der Waals surface area (Å²) in [5.74, 6) is 0.723. The molecule has 0 aromatic carbocycles. The van der Waals surface area contributed by atoms with Crippen LogP contribution in [0.2, 0.25) is 0 Å². The molecule has 2 heteroatoms. The lowest BCUT2D eigenvalue weighted by molar-refractivity contribution is 0.130. The van der Waals surface area contributed by atoms with E-state index in [2.05, 4.69) is 6.92 Å². The van der Waals surface area contributed by atoms with Crippen molar-refractivity contribution in [2.24, 2.45) is 5.92 Å².